The first-order valence-corrected chi connectivity index (χ1v) is 10.6. The Labute approximate surface area is 180 Å². The van der Waals surface area contributed by atoms with E-state index in [-0.39, 0.29) is 5.78 Å². The molecule has 0 amide bonds. The first-order valence-electron chi connectivity index (χ1n) is 9.72. The molecule has 0 aliphatic rings. The van der Waals surface area contributed by atoms with Gasteiger partial charge in [-0.25, -0.2) is 0 Å². The Morgan fingerprint density at radius 3 is 2.17 bits per heavy atom. The van der Waals surface area contributed by atoms with E-state index >= 15 is 0 Å². The lowest BCUT2D eigenvalue weighted by atomic mass is 10.0. The van der Waals surface area contributed by atoms with Crippen LogP contribution in [0.5, 0.6) is 0 Å². The third kappa shape index (κ3) is 3.96. The first kappa shape index (κ1) is 20.2. The highest BCUT2D eigenvalue weighted by atomic mass is 32.2. The molecule has 4 rings (SSSR count). The predicted molar refractivity (Wildman–Crippen MR) is 119 cm³/mol. The second-order valence-corrected chi connectivity index (χ2v) is 8.47. The van der Waals surface area contributed by atoms with Crippen molar-refractivity contribution in [1.82, 2.24) is 14.8 Å². The zero-order valence-corrected chi connectivity index (χ0v) is 18.2. The molecule has 0 radical (unpaired) electrons. The van der Waals surface area contributed by atoms with Crippen molar-refractivity contribution in [2.24, 2.45) is 7.05 Å². The molecule has 2 heterocycles. The van der Waals surface area contributed by atoms with E-state index in [0.717, 1.165) is 28.0 Å². The first-order chi connectivity index (χ1) is 14.4. The topological polar surface area (TPSA) is 60.9 Å². The molecule has 2 aromatic heterocycles. The van der Waals surface area contributed by atoms with E-state index in [0.29, 0.717) is 16.5 Å². The number of benzene rings is 2. The molecule has 0 N–H and O–H groups in total. The minimum absolute atomic E-state index is 0.0490. The molecule has 5 nitrogen and oxygen atoms in total. The van der Waals surface area contributed by atoms with Crippen LogP contribution in [0.25, 0.3) is 11.4 Å². The van der Waals surface area contributed by atoms with Crippen LogP contribution in [0.1, 0.15) is 38.1 Å². The van der Waals surface area contributed by atoms with Crippen LogP contribution in [0.15, 0.2) is 70.4 Å². The number of carbonyl (C=O) groups is 1. The van der Waals surface area contributed by atoms with Crippen molar-refractivity contribution in [2.75, 3.05) is 0 Å². The van der Waals surface area contributed by atoms with Crippen molar-refractivity contribution < 1.29 is 9.21 Å². The number of furan rings is 1. The molecule has 0 fully saturated rings. The minimum atomic E-state index is -0.422. The van der Waals surface area contributed by atoms with Crippen molar-refractivity contribution in [1.29, 1.82) is 0 Å². The van der Waals surface area contributed by atoms with Gasteiger partial charge in [-0.3, -0.25) is 4.79 Å². The molecule has 0 aliphatic carbocycles. The molecule has 0 aliphatic heterocycles. The van der Waals surface area contributed by atoms with E-state index in [4.69, 9.17) is 4.42 Å². The third-order valence-electron chi connectivity index (χ3n) is 5.11. The molecule has 4 aromatic rings. The van der Waals surface area contributed by atoms with Crippen molar-refractivity contribution in [3.05, 3.63) is 88.9 Å². The summed E-state index contributed by atoms with van der Waals surface area (Å²) in [5, 5.41) is 8.97. The summed E-state index contributed by atoms with van der Waals surface area (Å²) in [5.41, 5.74) is 4.81. The summed E-state index contributed by atoms with van der Waals surface area (Å²) in [6, 6.07) is 17.7. The molecule has 1 atom stereocenters. The molecular formula is C24H23N3O2S. The van der Waals surface area contributed by atoms with Crippen LogP contribution in [-0.4, -0.2) is 20.5 Å². The number of hydrogen-bond acceptors (Lipinski definition) is 5. The minimum Gasteiger partial charge on any atom is -0.469 e. The predicted octanol–water partition coefficient (Wildman–Crippen LogP) is 5.72. The fourth-order valence-corrected chi connectivity index (χ4v) is 4.34. The molecule has 0 bridgehead atoms. The Morgan fingerprint density at radius 2 is 1.57 bits per heavy atom. The number of Topliss-reactive ketones (excluding diaryl/α,β-unsaturated/α-hetero) is 1. The van der Waals surface area contributed by atoms with Gasteiger partial charge in [0.2, 0.25) is 0 Å². The van der Waals surface area contributed by atoms with Crippen LogP contribution in [0.2, 0.25) is 0 Å². The quantitative estimate of drug-likeness (QED) is 0.297. The van der Waals surface area contributed by atoms with Crippen molar-refractivity contribution >= 4 is 17.5 Å². The second-order valence-electron chi connectivity index (χ2n) is 7.39. The summed E-state index contributed by atoms with van der Waals surface area (Å²) in [6.07, 6.45) is 1.64. The van der Waals surface area contributed by atoms with E-state index in [2.05, 4.69) is 10.2 Å². The third-order valence-corrected chi connectivity index (χ3v) is 6.40. The Bertz CT molecular complexity index is 1170. The van der Waals surface area contributed by atoms with E-state index in [1.807, 2.05) is 87.0 Å². The second kappa shape index (κ2) is 8.32. The van der Waals surface area contributed by atoms with Crippen molar-refractivity contribution in [3.8, 4) is 11.4 Å². The van der Waals surface area contributed by atoms with Gasteiger partial charge in [-0.15, -0.1) is 10.2 Å². The molecule has 30 heavy (non-hydrogen) atoms. The number of ketones is 1. The summed E-state index contributed by atoms with van der Waals surface area (Å²) in [7, 11) is 1.91. The molecule has 0 spiro atoms. The highest BCUT2D eigenvalue weighted by Crippen LogP contribution is 2.38. The zero-order chi connectivity index (χ0) is 21.3. The highest BCUT2D eigenvalue weighted by Gasteiger charge is 2.26. The van der Waals surface area contributed by atoms with Gasteiger partial charge in [0, 0.05) is 12.6 Å². The Balaban J connectivity index is 1.71. The fourth-order valence-electron chi connectivity index (χ4n) is 3.26. The summed E-state index contributed by atoms with van der Waals surface area (Å²) in [6.45, 7) is 5.95. The van der Waals surface area contributed by atoms with Gasteiger partial charge < -0.3 is 8.98 Å². The van der Waals surface area contributed by atoms with Gasteiger partial charge in [0.05, 0.1) is 11.8 Å². The summed E-state index contributed by atoms with van der Waals surface area (Å²) in [4.78, 5) is 13.5. The van der Waals surface area contributed by atoms with E-state index in [1.54, 1.807) is 6.26 Å². The van der Waals surface area contributed by atoms with Crippen LogP contribution in [0.4, 0.5) is 0 Å². The number of nitrogens with zero attached hydrogens (tertiary/aromatic N) is 3. The van der Waals surface area contributed by atoms with E-state index in [9.17, 15) is 4.79 Å². The normalized spacial score (nSPS) is 12.1. The lowest BCUT2D eigenvalue weighted by Crippen LogP contribution is -2.11. The van der Waals surface area contributed by atoms with Crippen LogP contribution < -0.4 is 0 Å². The number of carbonyl (C=O) groups excluding carboxylic acids is 1. The highest BCUT2D eigenvalue weighted by molar-refractivity contribution is 8.00. The fraction of sp³-hybridized carbons (Fsp3) is 0.208. The molecule has 0 saturated carbocycles. The van der Waals surface area contributed by atoms with Gasteiger partial charge in [-0.2, -0.15) is 0 Å². The Hall–Kier alpha value is -3.12. The smallest absolute Gasteiger partial charge is 0.192 e. The van der Waals surface area contributed by atoms with Crippen LogP contribution >= 0.6 is 11.8 Å². The average molecular weight is 418 g/mol. The largest absolute Gasteiger partial charge is 0.469 e. The molecule has 6 heteroatoms. The van der Waals surface area contributed by atoms with Gasteiger partial charge in [-0.1, -0.05) is 71.4 Å². The van der Waals surface area contributed by atoms with E-state index in [1.165, 1.54) is 11.8 Å². The average Bonchev–Trinajstić information content (AvgIpc) is 3.32. The molecule has 1 unspecified atom stereocenters. The van der Waals surface area contributed by atoms with Gasteiger partial charge in [0.1, 0.15) is 11.0 Å². The maximum Gasteiger partial charge on any atom is 0.192 e. The maximum atomic E-state index is 13.5. The van der Waals surface area contributed by atoms with E-state index < -0.39 is 5.25 Å². The Kier molecular flexibility index (Phi) is 5.59. The van der Waals surface area contributed by atoms with Crippen LogP contribution in [-0.2, 0) is 7.05 Å². The number of aryl methyl sites for hydroxylation is 3. The number of hydrogen-bond donors (Lipinski definition) is 0. The number of rotatable bonds is 6. The van der Waals surface area contributed by atoms with Crippen LogP contribution in [0.3, 0.4) is 0 Å². The van der Waals surface area contributed by atoms with Crippen molar-refractivity contribution in [2.45, 2.75) is 31.2 Å². The van der Waals surface area contributed by atoms with Crippen LogP contribution in [0, 0.1) is 20.8 Å². The standard InChI is InChI=1S/C24H23N3O2S/c1-15-5-9-18(10-6-15)21(28)22(19-11-7-16(2)8-12-19)30-24-26-25-23(27(24)4)20-13-14-29-17(20)3/h5-14,22H,1-4H3. The molecule has 0 saturated heterocycles. The monoisotopic (exact) mass is 417 g/mol. The molecular weight excluding hydrogens is 394 g/mol. The summed E-state index contributed by atoms with van der Waals surface area (Å²) >= 11 is 1.41. The van der Waals surface area contributed by atoms with Crippen molar-refractivity contribution in [3.63, 3.8) is 0 Å². The number of aromatic nitrogens is 3. The molecule has 152 valence electrons. The zero-order valence-electron chi connectivity index (χ0n) is 17.4. The Morgan fingerprint density at radius 1 is 0.933 bits per heavy atom. The van der Waals surface area contributed by atoms with Gasteiger partial charge >= 0.3 is 0 Å². The maximum absolute atomic E-state index is 13.5. The summed E-state index contributed by atoms with van der Waals surface area (Å²) in [5.74, 6) is 1.55. The summed E-state index contributed by atoms with van der Waals surface area (Å²) < 4.78 is 7.32. The lowest BCUT2D eigenvalue weighted by molar-refractivity contribution is 0.0989. The van der Waals surface area contributed by atoms with Gasteiger partial charge in [-0.05, 0) is 32.4 Å². The molecule has 2 aromatic carbocycles. The SMILES string of the molecule is Cc1ccc(C(=O)C(Sc2nnc(-c3ccoc3C)n2C)c2ccc(C)cc2)cc1. The van der Waals surface area contributed by atoms with Gasteiger partial charge in [0.15, 0.2) is 16.8 Å². The van der Waals surface area contributed by atoms with Gasteiger partial charge in [0.25, 0.3) is 0 Å². The lowest BCUT2D eigenvalue weighted by Gasteiger charge is -2.16. The number of thioether (sulfide) groups is 1.